The number of pyridine rings is 1. The molecule has 0 aliphatic heterocycles. The highest BCUT2D eigenvalue weighted by atomic mass is 16.1. The van der Waals surface area contributed by atoms with Crippen LogP contribution in [0.3, 0.4) is 0 Å². The summed E-state index contributed by atoms with van der Waals surface area (Å²) in [5.41, 5.74) is 3.51. The molecule has 1 aromatic heterocycles. The van der Waals surface area contributed by atoms with Crippen LogP contribution < -0.4 is 0 Å². The number of hydrogen-bond acceptors (Lipinski definition) is 2. The quantitative estimate of drug-likeness (QED) is 0.560. The van der Waals surface area contributed by atoms with E-state index in [-0.39, 0.29) is 5.78 Å². The number of fused-ring (bicyclic) bond motifs is 4. The lowest BCUT2D eigenvalue weighted by molar-refractivity contribution is 0.0996. The zero-order valence-corrected chi connectivity index (χ0v) is 10.3. The van der Waals surface area contributed by atoms with E-state index in [2.05, 4.69) is 11.1 Å². The smallest absolute Gasteiger partial charge is 0.169 e. The fraction of sp³-hybridized carbons (Fsp3) is 0.0588. The van der Waals surface area contributed by atoms with Crippen LogP contribution in [-0.2, 0) is 0 Å². The highest BCUT2D eigenvalue weighted by Gasteiger charge is 2.17. The van der Waals surface area contributed by atoms with Gasteiger partial charge >= 0.3 is 0 Å². The maximum atomic E-state index is 12.1. The van der Waals surface area contributed by atoms with Crippen molar-refractivity contribution < 1.29 is 4.79 Å². The minimum atomic E-state index is 0.158. The Hall–Kier alpha value is -2.48. The molecule has 0 amide bonds. The zero-order valence-electron chi connectivity index (χ0n) is 10.3. The Morgan fingerprint density at radius 3 is 2.84 bits per heavy atom. The molecule has 1 aliphatic carbocycles. The molecule has 2 nitrogen and oxygen atoms in total. The van der Waals surface area contributed by atoms with E-state index < -0.39 is 0 Å². The highest BCUT2D eigenvalue weighted by Crippen LogP contribution is 2.28. The van der Waals surface area contributed by atoms with Crippen molar-refractivity contribution in [1.29, 1.82) is 0 Å². The molecule has 0 fully saturated rings. The number of carbonyl (C=O) groups is 1. The second-order valence-corrected chi connectivity index (χ2v) is 4.81. The largest absolute Gasteiger partial charge is 0.294 e. The molecule has 0 unspecified atom stereocenters. The fourth-order valence-corrected chi connectivity index (χ4v) is 2.69. The number of benzene rings is 2. The third-order valence-electron chi connectivity index (χ3n) is 3.60. The fourth-order valence-electron chi connectivity index (χ4n) is 2.69. The van der Waals surface area contributed by atoms with E-state index in [1.807, 2.05) is 48.6 Å². The van der Waals surface area contributed by atoms with Gasteiger partial charge in [0.1, 0.15) is 0 Å². The van der Waals surface area contributed by atoms with Crippen molar-refractivity contribution in [3.05, 3.63) is 59.7 Å². The number of aromatic nitrogens is 1. The third kappa shape index (κ3) is 1.50. The van der Waals surface area contributed by atoms with E-state index in [0.29, 0.717) is 6.42 Å². The van der Waals surface area contributed by atoms with Gasteiger partial charge in [0.2, 0.25) is 0 Å². The van der Waals surface area contributed by atoms with Crippen LogP contribution in [0.1, 0.15) is 22.3 Å². The molecule has 0 atom stereocenters. The molecular weight excluding hydrogens is 234 g/mol. The van der Waals surface area contributed by atoms with Gasteiger partial charge in [-0.3, -0.25) is 4.79 Å². The number of rotatable bonds is 0. The monoisotopic (exact) mass is 245 g/mol. The molecule has 90 valence electrons. The predicted molar refractivity (Wildman–Crippen MR) is 77.2 cm³/mol. The number of carbonyl (C=O) groups excluding carboxylic acids is 1. The molecule has 1 heterocycles. The van der Waals surface area contributed by atoms with Crippen LogP contribution in [0.4, 0.5) is 0 Å². The first-order valence-corrected chi connectivity index (χ1v) is 6.35. The van der Waals surface area contributed by atoms with Crippen molar-refractivity contribution in [1.82, 2.24) is 4.98 Å². The molecular formula is C17H11NO. The predicted octanol–water partition coefficient (Wildman–Crippen LogP) is 3.99. The Morgan fingerprint density at radius 2 is 1.89 bits per heavy atom. The molecule has 0 saturated carbocycles. The molecule has 0 spiro atoms. The maximum absolute atomic E-state index is 12.1. The lowest BCUT2D eigenvalue weighted by Gasteiger charge is -2.12. The van der Waals surface area contributed by atoms with Gasteiger partial charge in [-0.05, 0) is 17.7 Å². The van der Waals surface area contributed by atoms with Crippen molar-refractivity contribution in [3.8, 4) is 0 Å². The summed E-state index contributed by atoms with van der Waals surface area (Å²) in [4.78, 5) is 16.8. The normalized spacial score (nSPS) is 14.0. The summed E-state index contributed by atoms with van der Waals surface area (Å²) in [6.07, 6.45) is 4.39. The van der Waals surface area contributed by atoms with Crippen LogP contribution in [0, 0.1) is 0 Å². The summed E-state index contributed by atoms with van der Waals surface area (Å²) >= 11 is 0. The maximum Gasteiger partial charge on any atom is 0.169 e. The summed E-state index contributed by atoms with van der Waals surface area (Å²) < 4.78 is 0. The number of hydrogen-bond donors (Lipinski definition) is 0. The van der Waals surface area contributed by atoms with Gasteiger partial charge in [-0.2, -0.15) is 0 Å². The van der Waals surface area contributed by atoms with Gasteiger partial charge in [-0.1, -0.05) is 42.5 Å². The Kier molecular flexibility index (Phi) is 2.06. The van der Waals surface area contributed by atoms with Gasteiger partial charge in [0, 0.05) is 17.2 Å². The van der Waals surface area contributed by atoms with Gasteiger partial charge in [-0.15, -0.1) is 0 Å². The minimum absolute atomic E-state index is 0.158. The lowest BCUT2D eigenvalue weighted by Crippen LogP contribution is -2.06. The third-order valence-corrected chi connectivity index (χ3v) is 3.60. The standard InChI is InChI=1S/C17H11NO/c19-15-7-3-5-11-8-9-13-10-12-4-1-2-6-14(12)18-17(13)16(11)15/h1-6,8-10H,7H2. The summed E-state index contributed by atoms with van der Waals surface area (Å²) in [7, 11) is 0. The Labute approximate surface area is 110 Å². The highest BCUT2D eigenvalue weighted by molar-refractivity contribution is 6.13. The SMILES string of the molecule is O=C1CC=Cc2ccc3cc4ccccc4nc3c21. The van der Waals surface area contributed by atoms with E-state index in [1.54, 1.807) is 0 Å². The van der Waals surface area contributed by atoms with E-state index >= 15 is 0 Å². The van der Waals surface area contributed by atoms with Crippen molar-refractivity contribution in [3.63, 3.8) is 0 Å². The van der Waals surface area contributed by atoms with E-state index in [0.717, 1.165) is 32.9 Å². The molecule has 19 heavy (non-hydrogen) atoms. The molecule has 0 bridgehead atoms. The van der Waals surface area contributed by atoms with Gasteiger partial charge in [0.15, 0.2) is 5.78 Å². The second kappa shape index (κ2) is 3.75. The van der Waals surface area contributed by atoms with Crippen LogP contribution in [0.2, 0.25) is 0 Å². The second-order valence-electron chi connectivity index (χ2n) is 4.81. The van der Waals surface area contributed by atoms with Gasteiger partial charge in [0.05, 0.1) is 16.6 Å². The topological polar surface area (TPSA) is 30.0 Å². The van der Waals surface area contributed by atoms with Crippen molar-refractivity contribution in [2.24, 2.45) is 0 Å². The van der Waals surface area contributed by atoms with Crippen LogP contribution in [-0.4, -0.2) is 10.8 Å². The minimum Gasteiger partial charge on any atom is -0.294 e. The van der Waals surface area contributed by atoms with E-state index in [1.165, 1.54) is 0 Å². The Bertz CT molecular complexity index is 862. The van der Waals surface area contributed by atoms with Crippen LogP contribution in [0.15, 0.2) is 48.5 Å². The molecule has 0 N–H and O–H groups in total. The summed E-state index contributed by atoms with van der Waals surface area (Å²) in [5, 5.41) is 2.13. The zero-order chi connectivity index (χ0) is 12.8. The van der Waals surface area contributed by atoms with Gasteiger partial charge in [0.25, 0.3) is 0 Å². The summed E-state index contributed by atoms with van der Waals surface area (Å²) in [6, 6.07) is 14.1. The van der Waals surface area contributed by atoms with Crippen LogP contribution in [0.5, 0.6) is 0 Å². The molecule has 0 saturated heterocycles. The van der Waals surface area contributed by atoms with Crippen molar-refractivity contribution in [2.45, 2.75) is 6.42 Å². The van der Waals surface area contributed by atoms with Crippen molar-refractivity contribution >= 4 is 33.7 Å². The number of ketones is 1. The molecule has 4 rings (SSSR count). The number of Topliss-reactive ketones (excluding diaryl/α,β-unsaturated/α-hetero) is 1. The number of para-hydroxylation sites is 1. The number of allylic oxidation sites excluding steroid dienone is 1. The lowest BCUT2D eigenvalue weighted by atomic mass is 9.93. The Balaban J connectivity index is 2.19. The molecule has 3 aromatic rings. The first kappa shape index (κ1) is 10.4. The first-order chi connectivity index (χ1) is 9.33. The van der Waals surface area contributed by atoms with Crippen LogP contribution in [0.25, 0.3) is 27.9 Å². The van der Waals surface area contributed by atoms with E-state index in [9.17, 15) is 4.79 Å². The van der Waals surface area contributed by atoms with Gasteiger partial charge in [-0.25, -0.2) is 4.98 Å². The Morgan fingerprint density at radius 1 is 1.00 bits per heavy atom. The van der Waals surface area contributed by atoms with Gasteiger partial charge < -0.3 is 0 Å². The molecule has 0 radical (unpaired) electrons. The van der Waals surface area contributed by atoms with Crippen LogP contribution >= 0.6 is 0 Å². The molecule has 1 aliphatic rings. The molecule has 2 heteroatoms. The first-order valence-electron chi connectivity index (χ1n) is 6.35. The average molecular weight is 245 g/mol. The average Bonchev–Trinajstić information content (AvgIpc) is 2.45. The molecule has 2 aromatic carbocycles. The summed E-state index contributed by atoms with van der Waals surface area (Å²) in [5.74, 6) is 0.158. The van der Waals surface area contributed by atoms with E-state index in [4.69, 9.17) is 0 Å². The number of nitrogens with zero attached hydrogens (tertiary/aromatic N) is 1. The summed E-state index contributed by atoms with van der Waals surface area (Å²) in [6.45, 7) is 0. The van der Waals surface area contributed by atoms with Crippen molar-refractivity contribution in [2.75, 3.05) is 0 Å².